The number of nitrogens with zero attached hydrogens (tertiary/aromatic N) is 1. The molecule has 1 fully saturated rings. The van der Waals surface area contributed by atoms with E-state index in [0.29, 0.717) is 25.9 Å². The molecule has 184 valence electrons. The van der Waals surface area contributed by atoms with Gasteiger partial charge in [-0.3, -0.25) is 9.59 Å². The number of halogens is 2. The Kier molecular flexibility index (Phi) is 9.57. The normalized spacial score (nSPS) is 14.1. The summed E-state index contributed by atoms with van der Waals surface area (Å²) in [6.45, 7) is 7.61. The van der Waals surface area contributed by atoms with Crippen LogP contribution in [0, 0.1) is 25.5 Å². The maximum atomic E-state index is 14.5. The van der Waals surface area contributed by atoms with Crippen LogP contribution in [-0.4, -0.2) is 49.4 Å². The molecule has 0 aliphatic carbocycles. The molecule has 2 N–H and O–H groups in total. The predicted molar refractivity (Wildman–Crippen MR) is 130 cm³/mol. The van der Waals surface area contributed by atoms with E-state index in [2.05, 4.69) is 15.5 Å². The number of hydrogen-bond acceptors (Lipinski definition) is 3. The van der Waals surface area contributed by atoms with Gasteiger partial charge in [-0.05, 0) is 107 Å². The van der Waals surface area contributed by atoms with E-state index in [0.717, 1.165) is 42.7 Å². The highest BCUT2D eigenvalue weighted by molar-refractivity contribution is 5.95. The number of rotatable bonds is 10. The first-order valence-corrected chi connectivity index (χ1v) is 12.2. The third-order valence-electron chi connectivity index (χ3n) is 6.33. The lowest BCUT2D eigenvalue weighted by Crippen LogP contribution is -2.33. The number of benzene rings is 2. The molecular formula is C27H35F2N3O2. The third-order valence-corrected chi connectivity index (χ3v) is 6.33. The number of amides is 2. The molecule has 1 heterocycles. The average Bonchev–Trinajstić information content (AvgIpc) is 2.81. The van der Waals surface area contributed by atoms with Gasteiger partial charge in [-0.25, -0.2) is 8.78 Å². The van der Waals surface area contributed by atoms with Gasteiger partial charge in [0.1, 0.15) is 11.6 Å². The molecule has 1 saturated heterocycles. The van der Waals surface area contributed by atoms with Crippen molar-refractivity contribution < 1.29 is 18.4 Å². The molecule has 0 saturated carbocycles. The molecule has 7 heteroatoms. The molecule has 5 nitrogen and oxygen atoms in total. The fourth-order valence-corrected chi connectivity index (χ4v) is 4.32. The van der Waals surface area contributed by atoms with Crippen LogP contribution in [-0.2, 0) is 6.42 Å². The van der Waals surface area contributed by atoms with Gasteiger partial charge in [0.25, 0.3) is 11.8 Å². The van der Waals surface area contributed by atoms with Gasteiger partial charge in [-0.2, -0.15) is 0 Å². The maximum Gasteiger partial charge on any atom is 0.254 e. The Bertz CT molecular complexity index is 1000. The highest BCUT2D eigenvalue weighted by Gasteiger charge is 2.16. The second-order valence-corrected chi connectivity index (χ2v) is 9.11. The predicted octanol–water partition coefficient (Wildman–Crippen LogP) is 4.55. The molecule has 1 aliphatic heterocycles. The summed E-state index contributed by atoms with van der Waals surface area (Å²) in [5.41, 5.74) is 2.43. The minimum Gasteiger partial charge on any atom is -0.352 e. The molecule has 0 unspecified atom stereocenters. The largest absolute Gasteiger partial charge is 0.352 e. The van der Waals surface area contributed by atoms with E-state index >= 15 is 0 Å². The third kappa shape index (κ3) is 7.35. The molecular weight excluding hydrogens is 436 g/mol. The van der Waals surface area contributed by atoms with E-state index < -0.39 is 23.4 Å². The molecule has 0 aromatic heterocycles. The molecule has 0 radical (unpaired) electrons. The van der Waals surface area contributed by atoms with E-state index in [1.165, 1.54) is 37.5 Å². The summed E-state index contributed by atoms with van der Waals surface area (Å²) >= 11 is 0. The Balaban J connectivity index is 1.47. The van der Waals surface area contributed by atoms with Gasteiger partial charge in [0, 0.05) is 13.1 Å². The second-order valence-electron chi connectivity index (χ2n) is 9.11. The molecule has 1 aliphatic rings. The fourth-order valence-electron chi connectivity index (χ4n) is 4.32. The maximum absolute atomic E-state index is 14.5. The highest BCUT2D eigenvalue weighted by Crippen LogP contribution is 2.18. The van der Waals surface area contributed by atoms with E-state index in [1.54, 1.807) is 26.0 Å². The summed E-state index contributed by atoms with van der Waals surface area (Å²) in [6.07, 6.45) is 5.75. The summed E-state index contributed by atoms with van der Waals surface area (Å²) in [6, 6.07) is 7.49. The van der Waals surface area contributed by atoms with E-state index in [-0.39, 0.29) is 11.1 Å². The van der Waals surface area contributed by atoms with Crippen LogP contribution < -0.4 is 10.6 Å². The van der Waals surface area contributed by atoms with Crippen molar-refractivity contribution in [3.63, 3.8) is 0 Å². The molecule has 2 aromatic rings. The minimum atomic E-state index is -0.543. The van der Waals surface area contributed by atoms with E-state index in [1.807, 2.05) is 0 Å². The highest BCUT2D eigenvalue weighted by atomic mass is 19.1. The zero-order valence-corrected chi connectivity index (χ0v) is 20.2. The van der Waals surface area contributed by atoms with Crippen LogP contribution in [0.15, 0.2) is 30.3 Å². The lowest BCUT2D eigenvalue weighted by atomic mass is 9.99. The van der Waals surface area contributed by atoms with Crippen molar-refractivity contribution in [2.75, 3.05) is 32.7 Å². The number of carbonyl (C=O) groups excluding carboxylic acids is 2. The van der Waals surface area contributed by atoms with Crippen molar-refractivity contribution in [2.45, 2.75) is 52.4 Å². The monoisotopic (exact) mass is 471 g/mol. The van der Waals surface area contributed by atoms with Crippen molar-refractivity contribution in [2.24, 2.45) is 0 Å². The van der Waals surface area contributed by atoms with E-state index in [9.17, 15) is 18.4 Å². The molecule has 34 heavy (non-hydrogen) atoms. The van der Waals surface area contributed by atoms with Gasteiger partial charge in [0.15, 0.2) is 0 Å². The average molecular weight is 472 g/mol. The summed E-state index contributed by atoms with van der Waals surface area (Å²) in [4.78, 5) is 27.2. The molecule has 2 amide bonds. The number of carbonyl (C=O) groups is 2. The quantitative estimate of drug-likeness (QED) is 0.500. The van der Waals surface area contributed by atoms with E-state index in [4.69, 9.17) is 0 Å². The van der Waals surface area contributed by atoms with Crippen LogP contribution in [0.5, 0.6) is 0 Å². The van der Waals surface area contributed by atoms with Crippen LogP contribution >= 0.6 is 0 Å². The summed E-state index contributed by atoms with van der Waals surface area (Å²) in [5.74, 6) is -1.94. The first-order valence-electron chi connectivity index (χ1n) is 12.2. The molecule has 0 atom stereocenters. The van der Waals surface area contributed by atoms with Gasteiger partial charge < -0.3 is 15.5 Å². The van der Waals surface area contributed by atoms with Gasteiger partial charge in [-0.15, -0.1) is 0 Å². The molecule has 3 rings (SSSR count). The van der Waals surface area contributed by atoms with Crippen molar-refractivity contribution >= 4 is 11.8 Å². The van der Waals surface area contributed by atoms with Crippen molar-refractivity contribution in [3.05, 3.63) is 69.8 Å². The van der Waals surface area contributed by atoms with Crippen LogP contribution in [0.2, 0.25) is 0 Å². The number of hydrogen-bond donors (Lipinski definition) is 2. The topological polar surface area (TPSA) is 61.4 Å². The Morgan fingerprint density at radius 2 is 1.50 bits per heavy atom. The first kappa shape index (κ1) is 25.8. The second kappa shape index (κ2) is 12.6. The zero-order valence-electron chi connectivity index (χ0n) is 20.2. The molecule has 0 spiro atoms. The lowest BCUT2D eigenvalue weighted by molar-refractivity contribution is 0.0940. The van der Waals surface area contributed by atoms with Gasteiger partial charge in [-0.1, -0.05) is 12.5 Å². The zero-order chi connectivity index (χ0) is 24.5. The lowest BCUT2D eigenvalue weighted by Gasteiger charge is -2.26. The van der Waals surface area contributed by atoms with Crippen LogP contribution in [0.4, 0.5) is 8.78 Å². The smallest absolute Gasteiger partial charge is 0.254 e. The van der Waals surface area contributed by atoms with Gasteiger partial charge in [0.05, 0.1) is 11.1 Å². The summed E-state index contributed by atoms with van der Waals surface area (Å²) in [7, 11) is 0. The van der Waals surface area contributed by atoms with Gasteiger partial charge in [0.2, 0.25) is 0 Å². The Labute approximate surface area is 200 Å². The summed E-state index contributed by atoms with van der Waals surface area (Å²) < 4.78 is 28.4. The molecule has 2 aromatic carbocycles. The van der Waals surface area contributed by atoms with Crippen molar-refractivity contribution in [1.29, 1.82) is 0 Å². The Morgan fingerprint density at radius 1 is 0.853 bits per heavy atom. The Hall–Kier alpha value is -2.80. The number of nitrogens with one attached hydrogen (secondary N) is 2. The SMILES string of the molecule is Cc1ccc(C(=O)NCCCc2cc(C(=O)NCCCN3CCCCC3)c(F)cc2C)c(F)c1. The van der Waals surface area contributed by atoms with Crippen LogP contribution in [0.1, 0.15) is 69.5 Å². The molecule has 0 bridgehead atoms. The fraction of sp³-hybridized carbons (Fsp3) is 0.481. The van der Waals surface area contributed by atoms with Gasteiger partial charge >= 0.3 is 0 Å². The number of likely N-dealkylation sites (tertiary alicyclic amines) is 1. The van der Waals surface area contributed by atoms with Crippen molar-refractivity contribution in [3.8, 4) is 0 Å². The standard InChI is InChI=1S/C27H35F2N3O2/c1-19-9-10-22(24(28)16-19)26(33)30-11-6-8-21-18-23(25(29)17-20(21)2)27(34)31-12-7-15-32-13-4-3-5-14-32/h9-10,16-18H,3-8,11-15H2,1-2H3,(H,30,33)(H,31,34). The van der Waals surface area contributed by atoms with Crippen LogP contribution in [0.25, 0.3) is 0 Å². The van der Waals surface area contributed by atoms with Crippen LogP contribution in [0.3, 0.4) is 0 Å². The summed E-state index contributed by atoms with van der Waals surface area (Å²) in [5, 5.41) is 5.56. The Morgan fingerprint density at radius 3 is 2.21 bits per heavy atom. The first-order chi connectivity index (χ1) is 16.3. The van der Waals surface area contributed by atoms with Crippen molar-refractivity contribution in [1.82, 2.24) is 15.5 Å². The number of piperidine rings is 1. The minimum absolute atomic E-state index is 0.0165. The number of aryl methyl sites for hydroxylation is 3.